The average molecular weight is 403 g/mol. The Morgan fingerprint density at radius 1 is 1.08 bits per heavy atom. The van der Waals surface area contributed by atoms with Gasteiger partial charge in [-0.3, -0.25) is 15.0 Å². The van der Waals surface area contributed by atoms with E-state index < -0.39 is 11.8 Å². The Labute approximate surface area is 153 Å². The molecule has 1 saturated heterocycles. The van der Waals surface area contributed by atoms with Crippen LogP contribution in [-0.2, 0) is 9.59 Å². The molecule has 1 fully saturated rings. The second-order valence-corrected chi connectivity index (χ2v) is 6.12. The van der Waals surface area contributed by atoms with E-state index in [0.29, 0.717) is 22.7 Å². The maximum absolute atomic E-state index is 12.7. The summed E-state index contributed by atoms with van der Waals surface area (Å²) in [6.07, 6.45) is 1.49. The van der Waals surface area contributed by atoms with Gasteiger partial charge in [-0.15, -0.1) is 0 Å². The number of hydrogen-bond acceptors (Lipinski definition) is 4. The van der Waals surface area contributed by atoms with Crippen LogP contribution in [0.1, 0.15) is 5.56 Å². The number of ether oxygens (including phenoxy) is 2. The minimum atomic E-state index is -0.477. The van der Waals surface area contributed by atoms with E-state index in [4.69, 9.17) is 9.47 Å². The third kappa shape index (κ3) is 3.23. The fourth-order valence-corrected chi connectivity index (χ4v) is 2.99. The predicted molar refractivity (Wildman–Crippen MR) is 97.3 cm³/mol. The molecule has 0 bridgehead atoms. The van der Waals surface area contributed by atoms with Crippen molar-refractivity contribution in [2.75, 3.05) is 19.2 Å². The van der Waals surface area contributed by atoms with E-state index in [1.54, 1.807) is 36.4 Å². The van der Waals surface area contributed by atoms with Crippen molar-refractivity contribution in [1.82, 2.24) is 5.43 Å². The number of amides is 2. The van der Waals surface area contributed by atoms with Gasteiger partial charge in [0.25, 0.3) is 11.8 Å². The Bertz CT molecular complexity index is 865. The normalized spacial score (nSPS) is 15.5. The maximum Gasteiger partial charge on any atom is 0.282 e. The van der Waals surface area contributed by atoms with E-state index in [9.17, 15) is 9.59 Å². The summed E-state index contributed by atoms with van der Waals surface area (Å²) >= 11 is 3.38. The highest BCUT2D eigenvalue weighted by molar-refractivity contribution is 9.10. The highest BCUT2D eigenvalue weighted by Gasteiger charge is 2.34. The lowest BCUT2D eigenvalue weighted by atomic mass is 10.1. The smallest absolute Gasteiger partial charge is 0.282 e. The maximum atomic E-state index is 12.7. The fraction of sp³-hybridized carbons (Fsp3) is 0.111. The first kappa shape index (κ1) is 17.0. The minimum absolute atomic E-state index is 0.0160. The zero-order valence-electron chi connectivity index (χ0n) is 13.6. The van der Waals surface area contributed by atoms with Crippen LogP contribution >= 0.6 is 15.9 Å². The van der Waals surface area contributed by atoms with Crippen molar-refractivity contribution in [3.05, 3.63) is 58.1 Å². The average Bonchev–Trinajstić information content (AvgIpc) is 2.90. The summed E-state index contributed by atoms with van der Waals surface area (Å²) in [6, 6.07) is 12.4. The molecule has 0 radical (unpaired) electrons. The Morgan fingerprint density at radius 3 is 2.44 bits per heavy atom. The molecule has 2 aromatic rings. The molecule has 25 heavy (non-hydrogen) atoms. The SMILES string of the molecule is COc1cc(Br)cc(C=C2C(=O)NN(c3ccccc3)C2=O)c1OC. The number of nitrogens with one attached hydrogen (secondary N) is 1. The Morgan fingerprint density at radius 2 is 1.80 bits per heavy atom. The molecule has 0 spiro atoms. The van der Waals surface area contributed by atoms with E-state index in [1.165, 1.54) is 25.3 Å². The van der Waals surface area contributed by atoms with Gasteiger partial charge in [0.2, 0.25) is 0 Å². The van der Waals surface area contributed by atoms with Crippen molar-refractivity contribution >= 4 is 39.5 Å². The molecule has 6 nitrogen and oxygen atoms in total. The summed E-state index contributed by atoms with van der Waals surface area (Å²) in [5.41, 5.74) is 3.72. The van der Waals surface area contributed by atoms with Crippen molar-refractivity contribution in [3.8, 4) is 11.5 Å². The van der Waals surface area contributed by atoms with Gasteiger partial charge in [-0.1, -0.05) is 34.1 Å². The summed E-state index contributed by atoms with van der Waals surface area (Å²) in [7, 11) is 3.02. The van der Waals surface area contributed by atoms with E-state index in [1.807, 2.05) is 6.07 Å². The summed E-state index contributed by atoms with van der Waals surface area (Å²) in [5, 5.41) is 1.22. The van der Waals surface area contributed by atoms with Crippen molar-refractivity contribution in [2.45, 2.75) is 0 Å². The predicted octanol–water partition coefficient (Wildman–Crippen LogP) is 2.93. The van der Waals surface area contributed by atoms with Crippen LogP contribution in [0.5, 0.6) is 11.5 Å². The quantitative estimate of drug-likeness (QED) is 0.630. The molecule has 0 aromatic heterocycles. The lowest BCUT2D eigenvalue weighted by molar-refractivity contribution is -0.117. The van der Waals surface area contributed by atoms with Crippen molar-refractivity contribution < 1.29 is 19.1 Å². The number of hydrogen-bond donors (Lipinski definition) is 1. The van der Waals surface area contributed by atoms with Gasteiger partial charge in [-0.2, -0.15) is 0 Å². The van der Waals surface area contributed by atoms with Crippen LogP contribution in [0.3, 0.4) is 0 Å². The third-order valence-electron chi connectivity index (χ3n) is 3.68. The lowest BCUT2D eigenvalue weighted by Gasteiger charge is -2.14. The molecule has 1 aliphatic heterocycles. The second-order valence-electron chi connectivity index (χ2n) is 5.21. The monoisotopic (exact) mass is 402 g/mol. The van der Waals surface area contributed by atoms with Gasteiger partial charge in [0.1, 0.15) is 5.57 Å². The molecule has 0 saturated carbocycles. The largest absolute Gasteiger partial charge is 0.493 e. The topological polar surface area (TPSA) is 67.9 Å². The van der Waals surface area contributed by atoms with Crippen LogP contribution in [0.4, 0.5) is 5.69 Å². The van der Waals surface area contributed by atoms with Gasteiger partial charge in [-0.25, -0.2) is 5.01 Å². The number of carbonyl (C=O) groups is 2. The van der Waals surface area contributed by atoms with E-state index in [2.05, 4.69) is 21.4 Å². The summed E-state index contributed by atoms with van der Waals surface area (Å²) in [5.74, 6) is 0.0264. The van der Waals surface area contributed by atoms with Gasteiger partial charge >= 0.3 is 0 Å². The zero-order chi connectivity index (χ0) is 18.0. The molecule has 2 amide bonds. The zero-order valence-corrected chi connectivity index (χ0v) is 15.2. The highest BCUT2D eigenvalue weighted by Crippen LogP contribution is 2.36. The number of hydrazine groups is 1. The van der Waals surface area contributed by atoms with E-state index in [0.717, 1.165) is 4.47 Å². The molecule has 0 atom stereocenters. The highest BCUT2D eigenvalue weighted by atomic mass is 79.9. The number of nitrogens with zero attached hydrogens (tertiary/aromatic N) is 1. The van der Waals surface area contributed by atoms with Crippen LogP contribution in [0.25, 0.3) is 6.08 Å². The van der Waals surface area contributed by atoms with Gasteiger partial charge in [0.05, 0.1) is 19.9 Å². The molecule has 0 unspecified atom stereocenters. The van der Waals surface area contributed by atoms with Crippen LogP contribution in [0.15, 0.2) is 52.5 Å². The molecule has 128 valence electrons. The molecule has 1 aliphatic rings. The van der Waals surface area contributed by atoms with Crippen LogP contribution in [0, 0.1) is 0 Å². The molecule has 1 N–H and O–H groups in total. The third-order valence-corrected chi connectivity index (χ3v) is 4.14. The minimum Gasteiger partial charge on any atom is -0.493 e. The summed E-state index contributed by atoms with van der Waals surface area (Å²) in [4.78, 5) is 24.9. The van der Waals surface area contributed by atoms with E-state index in [-0.39, 0.29) is 5.57 Å². The number of carbonyl (C=O) groups excluding carboxylic acids is 2. The molecular formula is C18H15BrN2O4. The number of rotatable bonds is 4. The van der Waals surface area contributed by atoms with Crippen LogP contribution < -0.4 is 19.9 Å². The van der Waals surface area contributed by atoms with Crippen molar-refractivity contribution in [1.29, 1.82) is 0 Å². The van der Waals surface area contributed by atoms with Crippen molar-refractivity contribution in [2.24, 2.45) is 0 Å². The van der Waals surface area contributed by atoms with Gasteiger partial charge in [0.15, 0.2) is 11.5 Å². The van der Waals surface area contributed by atoms with E-state index >= 15 is 0 Å². The van der Waals surface area contributed by atoms with Gasteiger partial charge < -0.3 is 9.47 Å². The number of benzene rings is 2. The molecule has 3 rings (SSSR count). The Balaban J connectivity index is 2.03. The Kier molecular flexibility index (Phi) is 4.76. The first-order chi connectivity index (χ1) is 12.0. The molecule has 7 heteroatoms. The molecule has 1 heterocycles. The molecular weight excluding hydrogens is 388 g/mol. The first-order valence-electron chi connectivity index (χ1n) is 7.39. The van der Waals surface area contributed by atoms with Gasteiger partial charge in [-0.05, 0) is 30.3 Å². The summed E-state index contributed by atoms with van der Waals surface area (Å²) < 4.78 is 11.4. The molecule has 2 aromatic carbocycles. The number of para-hydroxylation sites is 1. The fourth-order valence-electron chi connectivity index (χ4n) is 2.54. The number of anilines is 1. The first-order valence-corrected chi connectivity index (χ1v) is 8.18. The number of halogens is 1. The summed E-state index contributed by atoms with van der Waals surface area (Å²) in [6.45, 7) is 0. The van der Waals surface area contributed by atoms with Crippen molar-refractivity contribution in [3.63, 3.8) is 0 Å². The van der Waals surface area contributed by atoms with Crippen LogP contribution in [-0.4, -0.2) is 26.0 Å². The number of methoxy groups -OCH3 is 2. The van der Waals surface area contributed by atoms with Gasteiger partial charge in [0, 0.05) is 10.0 Å². The molecule has 0 aliphatic carbocycles. The standard InChI is InChI=1S/C18H15BrN2O4/c1-24-15-10-12(19)8-11(16(15)25-2)9-14-17(22)20-21(18(14)23)13-6-4-3-5-7-13/h3-10H,1-2H3,(H,20,22). The Hall–Kier alpha value is -2.80. The van der Waals surface area contributed by atoms with Crippen LogP contribution in [0.2, 0.25) is 0 Å². The second kappa shape index (κ2) is 6.98. The lowest BCUT2D eigenvalue weighted by Crippen LogP contribution is -2.35.